The molecule has 15 heavy (non-hydrogen) atoms. The lowest BCUT2D eigenvalue weighted by molar-refractivity contribution is 0.443. The van der Waals surface area contributed by atoms with Crippen LogP contribution in [0, 0.1) is 0 Å². The topological polar surface area (TPSA) is 24.1 Å². The normalized spacial score (nSPS) is 28.6. The van der Waals surface area contributed by atoms with Gasteiger partial charge in [0.15, 0.2) is 0 Å². The molecule has 0 spiro atoms. The molecule has 0 aliphatic carbocycles. The van der Waals surface area contributed by atoms with Gasteiger partial charge in [0.1, 0.15) is 0 Å². The van der Waals surface area contributed by atoms with Gasteiger partial charge in [-0.05, 0) is 32.4 Å². The predicted molar refractivity (Wildman–Crippen MR) is 70.7 cm³/mol. The summed E-state index contributed by atoms with van der Waals surface area (Å²) in [6, 6.07) is 1.16. The lowest BCUT2D eigenvalue weighted by Crippen LogP contribution is -2.44. The van der Waals surface area contributed by atoms with Crippen molar-refractivity contribution in [2.45, 2.75) is 57.4 Å². The van der Waals surface area contributed by atoms with Crippen molar-refractivity contribution in [1.29, 1.82) is 0 Å². The largest absolute Gasteiger partial charge is 0.313 e. The fourth-order valence-corrected chi connectivity index (χ4v) is 3.11. The second-order valence-corrected chi connectivity index (χ2v) is 6.93. The molecule has 0 bridgehead atoms. The molecule has 0 aromatic rings. The van der Waals surface area contributed by atoms with E-state index in [0.29, 0.717) is 16.8 Å². The van der Waals surface area contributed by atoms with Crippen molar-refractivity contribution in [3.8, 4) is 0 Å². The quantitative estimate of drug-likeness (QED) is 0.732. The van der Waals surface area contributed by atoms with Crippen LogP contribution in [0.2, 0.25) is 0 Å². The van der Waals surface area contributed by atoms with E-state index >= 15 is 0 Å². The highest BCUT2D eigenvalue weighted by atomic mass is 32.2. The van der Waals surface area contributed by atoms with Crippen LogP contribution < -0.4 is 10.6 Å². The molecule has 2 nitrogen and oxygen atoms in total. The molecule has 1 fully saturated rings. The van der Waals surface area contributed by atoms with E-state index in [-0.39, 0.29) is 0 Å². The van der Waals surface area contributed by atoms with Crippen LogP contribution in [0.3, 0.4) is 0 Å². The van der Waals surface area contributed by atoms with Crippen LogP contribution in [0.4, 0.5) is 0 Å². The Labute approximate surface area is 99.0 Å². The third kappa shape index (κ3) is 5.23. The molecule has 90 valence electrons. The third-order valence-corrected chi connectivity index (χ3v) is 4.50. The van der Waals surface area contributed by atoms with Crippen LogP contribution in [-0.2, 0) is 0 Å². The van der Waals surface area contributed by atoms with Gasteiger partial charge in [-0.25, -0.2) is 0 Å². The van der Waals surface area contributed by atoms with Gasteiger partial charge in [-0.1, -0.05) is 13.8 Å². The average molecular weight is 230 g/mol. The summed E-state index contributed by atoms with van der Waals surface area (Å²) in [7, 11) is 0. The Kier molecular flexibility index (Phi) is 5.44. The maximum atomic E-state index is 3.64. The van der Waals surface area contributed by atoms with Gasteiger partial charge in [-0.15, -0.1) is 0 Å². The number of hydrogen-bond donors (Lipinski definition) is 2. The molecule has 0 saturated carbocycles. The van der Waals surface area contributed by atoms with E-state index < -0.39 is 0 Å². The Morgan fingerprint density at radius 1 is 1.27 bits per heavy atom. The molecule has 0 aromatic carbocycles. The Hall–Kier alpha value is 0.270. The monoisotopic (exact) mass is 230 g/mol. The van der Waals surface area contributed by atoms with Gasteiger partial charge in [0, 0.05) is 29.9 Å². The predicted octanol–water partition coefficient (Wildman–Crippen LogP) is 2.25. The molecule has 1 aliphatic rings. The van der Waals surface area contributed by atoms with E-state index in [1.165, 1.54) is 18.6 Å². The first-order valence-electron chi connectivity index (χ1n) is 6.12. The van der Waals surface area contributed by atoms with Crippen molar-refractivity contribution < 1.29 is 0 Å². The lowest BCUT2D eigenvalue weighted by atomic mass is 10.1. The van der Waals surface area contributed by atoms with Crippen LogP contribution in [0.5, 0.6) is 0 Å². The van der Waals surface area contributed by atoms with E-state index in [1.807, 2.05) is 0 Å². The van der Waals surface area contributed by atoms with Gasteiger partial charge in [-0.2, -0.15) is 11.8 Å². The van der Waals surface area contributed by atoms with Crippen molar-refractivity contribution in [2.75, 3.05) is 18.8 Å². The summed E-state index contributed by atoms with van der Waals surface area (Å²) in [4.78, 5) is 0. The summed E-state index contributed by atoms with van der Waals surface area (Å²) in [6.07, 6.45) is 2.76. The molecule has 2 N–H and O–H groups in total. The SMILES string of the molecule is CC(C)NCC(C)NCC1(C)CCCS1. The highest BCUT2D eigenvalue weighted by Crippen LogP contribution is 2.36. The minimum absolute atomic E-state index is 0.492. The molecule has 0 radical (unpaired) electrons. The lowest BCUT2D eigenvalue weighted by Gasteiger charge is -2.26. The highest BCUT2D eigenvalue weighted by molar-refractivity contribution is 8.00. The van der Waals surface area contributed by atoms with Crippen LogP contribution in [0.25, 0.3) is 0 Å². The summed E-state index contributed by atoms with van der Waals surface area (Å²) in [5.41, 5.74) is 0. The smallest absolute Gasteiger partial charge is 0.0256 e. The summed E-state index contributed by atoms with van der Waals surface area (Å²) in [5, 5.41) is 7.10. The minimum Gasteiger partial charge on any atom is -0.313 e. The fourth-order valence-electron chi connectivity index (χ4n) is 1.85. The summed E-state index contributed by atoms with van der Waals surface area (Å²) in [5.74, 6) is 1.34. The maximum Gasteiger partial charge on any atom is 0.0256 e. The Balaban J connectivity index is 2.13. The molecular formula is C12H26N2S. The summed E-state index contributed by atoms with van der Waals surface area (Å²) in [6.45, 7) is 11.3. The van der Waals surface area contributed by atoms with E-state index in [9.17, 15) is 0 Å². The van der Waals surface area contributed by atoms with Gasteiger partial charge in [-0.3, -0.25) is 0 Å². The Morgan fingerprint density at radius 2 is 2.00 bits per heavy atom. The van der Waals surface area contributed by atoms with E-state index in [0.717, 1.165) is 13.1 Å². The molecule has 0 aromatic heterocycles. The number of nitrogens with one attached hydrogen (secondary N) is 2. The van der Waals surface area contributed by atoms with Crippen molar-refractivity contribution in [1.82, 2.24) is 10.6 Å². The number of thioether (sulfide) groups is 1. The molecular weight excluding hydrogens is 204 g/mol. The molecule has 1 heterocycles. The molecule has 2 atom stereocenters. The van der Waals surface area contributed by atoms with Crippen LogP contribution in [0.15, 0.2) is 0 Å². The Bertz CT molecular complexity index is 176. The van der Waals surface area contributed by atoms with Crippen LogP contribution >= 0.6 is 11.8 Å². The van der Waals surface area contributed by atoms with Gasteiger partial charge in [0.05, 0.1) is 0 Å². The van der Waals surface area contributed by atoms with Crippen molar-refractivity contribution >= 4 is 11.8 Å². The first-order chi connectivity index (χ1) is 7.02. The fraction of sp³-hybridized carbons (Fsp3) is 1.00. The van der Waals surface area contributed by atoms with E-state index in [1.54, 1.807) is 0 Å². The maximum absolute atomic E-state index is 3.64. The highest BCUT2D eigenvalue weighted by Gasteiger charge is 2.29. The van der Waals surface area contributed by atoms with Gasteiger partial charge < -0.3 is 10.6 Å². The summed E-state index contributed by atoms with van der Waals surface area (Å²) < 4.78 is 0.492. The second-order valence-electron chi connectivity index (χ2n) is 5.25. The molecule has 2 unspecified atom stereocenters. The molecule has 1 saturated heterocycles. The van der Waals surface area contributed by atoms with Crippen molar-refractivity contribution in [3.63, 3.8) is 0 Å². The van der Waals surface area contributed by atoms with Gasteiger partial charge in [0.25, 0.3) is 0 Å². The van der Waals surface area contributed by atoms with Crippen LogP contribution in [0.1, 0.15) is 40.5 Å². The molecule has 3 heteroatoms. The molecule has 0 amide bonds. The summed E-state index contributed by atoms with van der Waals surface area (Å²) >= 11 is 2.13. The molecule has 1 aliphatic heterocycles. The second kappa shape index (κ2) is 6.12. The third-order valence-electron chi connectivity index (χ3n) is 2.96. The zero-order valence-corrected chi connectivity index (χ0v) is 11.4. The standard InChI is InChI=1S/C12H26N2S/c1-10(2)13-8-11(3)14-9-12(4)6-5-7-15-12/h10-11,13-14H,5-9H2,1-4H3. The zero-order valence-electron chi connectivity index (χ0n) is 10.6. The van der Waals surface area contributed by atoms with Gasteiger partial charge >= 0.3 is 0 Å². The Morgan fingerprint density at radius 3 is 2.53 bits per heavy atom. The molecule has 1 rings (SSSR count). The number of rotatable bonds is 6. The first-order valence-corrected chi connectivity index (χ1v) is 7.11. The number of hydrogen-bond acceptors (Lipinski definition) is 3. The zero-order chi connectivity index (χ0) is 11.3. The van der Waals surface area contributed by atoms with Gasteiger partial charge in [0.2, 0.25) is 0 Å². The van der Waals surface area contributed by atoms with E-state index in [4.69, 9.17) is 0 Å². The van der Waals surface area contributed by atoms with Crippen molar-refractivity contribution in [3.05, 3.63) is 0 Å². The van der Waals surface area contributed by atoms with Crippen molar-refractivity contribution in [2.24, 2.45) is 0 Å². The average Bonchev–Trinajstić information content (AvgIpc) is 2.60. The first kappa shape index (κ1) is 13.3. The van der Waals surface area contributed by atoms with Crippen LogP contribution in [-0.4, -0.2) is 35.7 Å². The minimum atomic E-state index is 0.492. The van der Waals surface area contributed by atoms with E-state index in [2.05, 4.69) is 50.1 Å².